The van der Waals surface area contributed by atoms with Crippen LogP contribution in [0, 0.1) is 0 Å². The molecule has 1 atom stereocenters. The molecule has 1 N–H and O–H groups in total. The van der Waals surface area contributed by atoms with Crippen molar-refractivity contribution >= 4 is 23.5 Å². The summed E-state index contributed by atoms with van der Waals surface area (Å²) in [5.41, 5.74) is 0.682. The molecule has 0 aliphatic carbocycles. The third-order valence-corrected chi connectivity index (χ3v) is 3.04. The Labute approximate surface area is 109 Å². The van der Waals surface area contributed by atoms with Crippen LogP contribution < -0.4 is 4.90 Å². The highest BCUT2D eigenvalue weighted by molar-refractivity contribution is 6.03. The highest BCUT2D eigenvalue weighted by Crippen LogP contribution is 2.27. The largest absolute Gasteiger partial charge is 0.480 e. The second-order valence-electron chi connectivity index (χ2n) is 4.20. The van der Waals surface area contributed by atoms with Crippen LogP contribution in [0.3, 0.4) is 0 Å². The van der Waals surface area contributed by atoms with Crippen LogP contribution in [0.4, 0.5) is 5.69 Å². The topological polar surface area (TPSA) is 83.9 Å². The Hall–Kier alpha value is -2.37. The van der Waals surface area contributed by atoms with Crippen molar-refractivity contribution in [3.05, 3.63) is 29.8 Å². The van der Waals surface area contributed by atoms with Gasteiger partial charge in [-0.05, 0) is 24.6 Å². The zero-order chi connectivity index (χ0) is 14.0. The maximum absolute atomic E-state index is 11.8. The van der Waals surface area contributed by atoms with Crippen molar-refractivity contribution in [3.63, 3.8) is 0 Å². The summed E-state index contributed by atoms with van der Waals surface area (Å²) in [7, 11) is 1.26. The Kier molecular flexibility index (Phi) is 3.50. The quantitative estimate of drug-likeness (QED) is 0.824. The summed E-state index contributed by atoms with van der Waals surface area (Å²) in [6, 6.07) is 5.33. The van der Waals surface area contributed by atoms with Gasteiger partial charge in [0.15, 0.2) is 0 Å². The molecule has 1 saturated heterocycles. The maximum atomic E-state index is 11.8. The van der Waals surface area contributed by atoms with Crippen molar-refractivity contribution in [1.82, 2.24) is 0 Å². The molecule has 1 heterocycles. The minimum absolute atomic E-state index is 0.194. The average Bonchev–Trinajstić information content (AvgIpc) is 2.80. The number of anilines is 1. The Morgan fingerprint density at radius 1 is 1.42 bits per heavy atom. The minimum Gasteiger partial charge on any atom is -0.480 e. The number of carboxylic acids is 1. The standard InChI is InChI=1S/C13H13NO5/c1-19-13(18)8-3-2-4-9(7-8)14-10(12(16)17)5-6-11(14)15/h2-4,7,10H,5-6H2,1H3,(H,16,17)/t10-/m0/s1. The molecule has 1 aliphatic rings. The lowest BCUT2D eigenvalue weighted by molar-refractivity contribution is -0.138. The summed E-state index contributed by atoms with van der Waals surface area (Å²) in [5, 5.41) is 9.10. The molecule has 0 saturated carbocycles. The fraction of sp³-hybridized carbons (Fsp3) is 0.308. The number of hydrogen-bond donors (Lipinski definition) is 1. The molecule has 0 bridgehead atoms. The van der Waals surface area contributed by atoms with Crippen LogP contribution >= 0.6 is 0 Å². The molecule has 100 valence electrons. The molecule has 0 radical (unpaired) electrons. The van der Waals surface area contributed by atoms with Crippen LogP contribution in [0.2, 0.25) is 0 Å². The van der Waals surface area contributed by atoms with Gasteiger partial charge in [0.25, 0.3) is 0 Å². The number of benzene rings is 1. The molecule has 2 rings (SSSR count). The molecule has 1 aromatic carbocycles. The second kappa shape index (κ2) is 5.09. The van der Waals surface area contributed by atoms with Gasteiger partial charge in [-0.25, -0.2) is 9.59 Å². The molecule has 0 aromatic heterocycles. The van der Waals surface area contributed by atoms with Gasteiger partial charge in [0.2, 0.25) is 5.91 Å². The number of carboxylic acid groups (broad SMARTS) is 1. The lowest BCUT2D eigenvalue weighted by atomic mass is 10.1. The zero-order valence-corrected chi connectivity index (χ0v) is 10.3. The Balaban J connectivity index is 2.37. The fourth-order valence-corrected chi connectivity index (χ4v) is 2.14. The first-order valence-electron chi connectivity index (χ1n) is 5.78. The van der Waals surface area contributed by atoms with E-state index in [1.54, 1.807) is 18.2 Å². The van der Waals surface area contributed by atoms with E-state index in [0.29, 0.717) is 5.69 Å². The van der Waals surface area contributed by atoms with E-state index in [-0.39, 0.29) is 24.3 Å². The van der Waals surface area contributed by atoms with Crippen LogP contribution in [0.1, 0.15) is 23.2 Å². The summed E-state index contributed by atoms with van der Waals surface area (Å²) in [5.74, 6) is -1.83. The van der Waals surface area contributed by atoms with Gasteiger partial charge in [0.05, 0.1) is 12.7 Å². The van der Waals surface area contributed by atoms with Crippen LogP contribution in [0.25, 0.3) is 0 Å². The number of carbonyl (C=O) groups excluding carboxylic acids is 2. The van der Waals surface area contributed by atoms with Gasteiger partial charge in [0.1, 0.15) is 6.04 Å². The minimum atomic E-state index is -1.05. The monoisotopic (exact) mass is 263 g/mol. The SMILES string of the molecule is COC(=O)c1cccc(N2C(=O)CC[C@H]2C(=O)O)c1. The van der Waals surface area contributed by atoms with Crippen molar-refractivity contribution in [3.8, 4) is 0 Å². The van der Waals surface area contributed by atoms with E-state index in [2.05, 4.69) is 4.74 Å². The number of ether oxygens (including phenoxy) is 1. The van der Waals surface area contributed by atoms with Crippen LogP contribution in [-0.2, 0) is 14.3 Å². The number of methoxy groups -OCH3 is 1. The summed E-state index contributed by atoms with van der Waals surface area (Å²) < 4.78 is 4.60. The average molecular weight is 263 g/mol. The number of amides is 1. The molecule has 6 heteroatoms. The number of aliphatic carboxylic acids is 1. The first-order valence-corrected chi connectivity index (χ1v) is 5.78. The lowest BCUT2D eigenvalue weighted by Crippen LogP contribution is -2.38. The van der Waals surface area contributed by atoms with Gasteiger partial charge >= 0.3 is 11.9 Å². The van der Waals surface area contributed by atoms with Crippen LogP contribution in [0.15, 0.2) is 24.3 Å². The highest BCUT2D eigenvalue weighted by atomic mass is 16.5. The van der Waals surface area contributed by atoms with E-state index in [1.165, 1.54) is 18.1 Å². The molecule has 19 heavy (non-hydrogen) atoms. The normalized spacial score (nSPS) is 18.5. The Morgan fingerprint density at radius 3 is 2.79 bits per heavy atom. The van der Waals surface area contributed by atoms with E-state index in [4.69, 9.17) is 5.11 Å². The van der Waals surface area contributed by atoms with E-state index < -0.39 is 18.0 Å². The van der Waals surface area contributed by atoms with Gasteiger partial charge in [-0.1, -0.05) is 6.07 Å². The number of carbonyl (C=O) groups is 3. The molecule has 1 aliphatic heterocycles. The number of hydrogen-bond acceptors (Lipinski definition) is 4. The van der Waals surface area contributed by atoms with Crippen molar-refractivity contribution in [2.75, 3.05) is 12.0 Å². The first-order chi connectivity index (χ1) is 9.04. The van der Waals surface area contributed by atoms with Gasteiger partial charge < -0.3 is 9.84 Å². The molecule has 1 aromatic rings. The van der Waals surface area contributed by atoms with Crippen molar-refractivity contribution in [2.45, 2.75) is 18.9 Å². The van der Waals surface area contributed by atoms with E-state index >= 15 is 0 Å². The van der Waals surface area contributed by atoms with Crippen molar-refractivity contribution < 1.29 is 24.2 Å². The van der Waals surface area contributed by atoms with Gasteiger partial charge in [-0.3, -0.25) is 9.69 Å². The molecular formula is C13H13NO5. The highest BCUT2D eigenvalue weighted by Gasteiger charge is 2.37. The van der Waals surface area contributed by atoms with Crippen molar-refractivity contribution in [2.24, 2.45) is 0 Å². The first kappa shape index (κ1) is 13.1. The third-order valence-electron chi connectivity index (χ3n) is 3.04. The number of esters is 1. The maximum Gasteiger partial charge on any atom is 0.337 e. The van der Waals surface area contributed by atoms with Gasteiger partial charge in [-0.15, -0.1) is 0 Å². The smallest absolute Gasteiger partial charge is 0.337 e. The summed E-state index contributed by atoms with van der Waals surface area (Å²) in [4.78, 5) is 35.6. The Morgan fingerprint density at radius 2 is 2.16 bits per heavy atom. The van der Waals surface area contributed by atoms with Crippen LogP contribution in [0.5, 0.6) is 0 Å². The summed E-state index contributed by atoms with van der Waals surface area (Å²) in [6.45, 7) is 0. The van der Waals surface area contributed by atoms with Gasteiger partial charge in [0, 0.05) is 12.1 Å². The fourth-order valence-electron chi connectivity index (χ4n) is 2.14. The predicted molar refractivity (Wildman–Crippen MR) is 65.9 cm³/mol. The number of rotatable bonds is 3. The van der Waals surface area contributed by atoms with Gasteiger partial charge in [-0.2, -0.15) is 0 Å². The van der Waals surface area contributed by atoms with E-state index in [0.717, 1.165) is 0 Å². The summed E-state index contributed by atoms with van der Waals surface area (Å²) >= 11 is 0. The molecule has 0 unspecified atom stereocenters. The van der Waals surface area contributed by atoms with Crippen LogP contribution in [-0.4, -0.2) is 36.1 Å². The van der Waals surface area contributed by atoms with Crippen molar-refractivity contribution in [1.29, 1.82) is 0 Å². The lowest BCUT2D eigenvalue weighted by Gasteiger charge is -2.22. The molecule has 1 fully saturated rings. The van der Waals surface area contributed by atoms with E-state index in [1.807, 2.05) is 0 Å². The molecule has 1 amide bonds. The molecule has 0 spiro atoms. The summed E-state index contributed by atoms with van der Waals surface area (Å²) in [6.07, 6.45) is 0.468. The van der Waals surface area contributed by atoms with E-state index in [9.17, 15) is 14.4 Å². The Bertz CT molecular complexity index is 540. The third kappa shape index (κ3) is 2.42. The number of nitrogens with zero attached hydrogens (tertiary/aromatic N) is 1. The molecular weight excluding hydrogens is 250 g/mol. The molecule has 6 nitrogen and oxygen atoms in total. The second-order valence-corrected chi connectivity index (χ2v) is 4.20. The predicted octanol–water partition coefficient (Wildman–Crippen LogP) is 1.05. The zero-order valence-electron chi connectivity index (χ0n) is 10.3.